The summed E-state index contributed by atoms with van der Waals surface area (Å²) >= 11 is 0. The predicted octanol–water partition coefficient (Wildman–Crippen LogP) is 4.85. The number of fused-ring (bicyclic) bond motifs is 7. The monoisotopic (exact) mass is 630 g/mol. The van der Waals surface area contributed by atoms with E-state index >= 15 is 0 Å². The number of carbonyl (C=O) groups is 4. The molecule has 4 bridgehead atoms. The minimum Gasteiger partial charge on any atom is -0.466 e. The van der Waals surface area contributed by atoms with Gasteiger partial charge in [0.2, 0.25) is 5.91 Å². The highest BCUT2D eigenvalue weighted by molar-refractivity contribution is 6.32. The van der Waals surface area contributed by atoms with Crippen molar-refractivity contribution in [3.8, 4) is 0 Å². The van der Waals surface area contributed by atoms with Crippen molar-refractivity contribution in [1.82, 2.24) is 19.4 Å². The number of amides is 1. The van der Waals surface area contributed by atoms with E-state index < -0.39 is 5.97 Å². The van der Waals surface area contributed by atoms with Crippen LogP contribution in [0, 0.1) is 0 Å². The minimum absolute atomic E-state index is 0.0319. The molecule has 0 saturated heterocycles. The maximum Gasteiger partial charge on any atom is 0.306 e. The highest BCUT2D eigenvalue weighted by atomic mass is 16.5. The molecule has 0 fully saturated rings. The molecular weight excluding hydrogens is 584 g/mol. The van der Waals surface area contributed by atoms with Gasteiger partial charge in [-0.15, -0.1) is 0 Å². The third-order valence-electron chi connectivity index (χ3n) is 7.71. The zero-order chi connectivity index (χ0) is 33.6. The highest BCUT2D eigenvalue weighted by Crippen LogP contribution is 2.35. The summed E-state index contributed by atoms with van der Waals surface area (Å²) in [7, 11) is 5.46. The molecule has 46 heavy (non-hydrogen) atoms. The van der Waals surface area contributed by atoms with E-state index in [1.807, 2.05) is 79.0 Å². The van der Waals surface area contributed by atoms with Crippen LogP contribution in [0.3, 0.4) is 0 Å². The molecule has 1 aliphatic heterocycles. The molecule has 10 heteroatoms. The van der Waals surface area contributed by atoms with E-state index in [1.165, 1.54) is 0 Å². The Balaban J connectivity index is 0.00000185. The van der Waals surface area contributed by atoms with Crippen molar-refractivity contribution in [2.45, 2.75) is 52.3 Å². The van der Waals surface area contributed by atoms with Gasteiger partial charge in [-0.2, -0.15) is 0 Å². The molecule has 1 unspecified atom stereocenters. The molecule has 1 atom stereocenters. The number of nitrogens with one attached hydrogen (secondary N) is 1. The van der Waals surface area contributed by atoms with Crippen LogP contribution in [0.5, 0.6) is 0 Å². The van der Waals surface area contributed by atoms with Crippen molar-refractivity contribution in [3.63, 3.8) is 0 Å². The van der Waals surface area contributed by atoms with Crippen LogP contribution in [0.15, 0.2) is 49.3 Å². The van der Waals surface area contributed by atoms with Crippen LogP contribution in [0.25, 0.3) is 34.2 Å². The van der Waals surface area contributed by atoms with E-state index in [1.54, 1.807) is 24.9 Å². The molecule has 2 aromatic heterocycles. The van der Waals surface area contributed by atoms with E-state index in [-0.39, 0.29) is 31.5 Å². The Morgan fingerprint density at radius 2 is 1.74 bits per heavy atom. The fraction of sp³-hybridized carbons (Fsp3) is 0.389. The number of ether oxygens (including phenoxy) is 2. The van der Waals surface area contributed by atoms with Crippen LogP contribution in [-0.2, 0) is 41.7 Å². The zero-order valence-electron chi connectivity index (χ0n) is 27.6. The predicted molar refractivity (Wildman–Crippen MR) is 183 cm³/mol. The molecule has 1 aromatic carbocycles. The summed E-state index contributed by atoms with van der Waals surface area (Å²) in [6.07, 6.45) is 11.2. The van der Waals surface area contributed by atoms with Gasteiger partial charge in [0.25, 0.3) is 0 Å². The molecule has 0 aliphatic carbocycles. The Morgan fingerprint density at radius 3 is 2.39 bits per heavy atom. The number of hydrogen-bond donors (Lipinski definition) is 1. The first-order chi connectivity index (χ1) is 22.3. The van der Waals surface area contributed by atoms with E-state index in [0.29, 0.717) is 54.9 Å². The summed E-state index contributed by atoms with van der Waals surface area (Å²) in [4.78, 5) is 51.5. The Bertz CT molecular complexity index is 1590. The molecule has 4 rings (SSSR count). The number of likely N-dealkylation sites (N-methyl/N-ethyl adjacent to an activating group) is 1. The van der Waals surface area contributed by atoms with Gasteiger partial charge in [-0.05, 0) is 46.5 Å². The number of aldehydes is 2. The number of hydrogen-bond acceptors (Lipinski definition) is 7. The molecule has 1 amide bonds. The van der Waals surface area contributed by atoms with Crippen LogP contribution >= 0.6 is 0 Å². The fourth-order valence-electron chi connectivity index (χ4n) is 5.60. The third kappa shape index (κ3) is 8.58. The first-order valence-electron chi connectivity index (χ1n) is 15.6. The lowest BCUT2D eigenvalue weighted by molar-refractivity contribution is -0.145. The summed E-state index contributed by atoms with van der Waals surface area (Å²) in [5, 5.41) is 3.61. The SMILES string of the molecule is C=Cc1c2cn(c1/C=C\C)CCC(CN(C)C(=O)CCC(=O)OCC)OCCn1cc(c3ccccc31)/C(C=O)=C\2C=O.CNC. The smallest absolute Gasteiger partial charge is 0.306 e. The quantitative estimate of drug-likeness (QED) is 0.252. The largest absolute Gasteiger partial charge is 0.466 e. The maximum absolute atomic E-state index is 12.8. The molecule has 0 saturated carbocycles. The average molecular weight is 631 g/mol. The van der Waals surface area contributed by atoms with Gasteiger partial charge in [0, 0.05) is 89.9 Å². The van der Waals surface area contributed by atoms with E-state index in [0.717, 1.165) is 34.7 Å². The van der Waals surface area contributed by atoms with Crippen LogP contribution in [0.2, 0.25) is 0 Å². The average Bonchev–Trinajstić information content (AvgIpc) is 3.58. The van der Waals surface area contributed by atoms with Crippen molar-refractivity contribution >= 4 is 58.6 Å². The van der Waals surface area contributed by atoms with Gasteiger partial charge >= 0.3 is 5.97 Å². The van der Waals surface area contributed by atoms with Gasteiger partial charge in [-0.25, -0.2) is 0 Å². The van der Waals surface area contributed by atoms with Gasteiger partial charge in [0.15, 0.2) is 12.6 Å². The summed E-state index contributed by atoms with van der Waals surface area (Å²) in [6.45, 7) is 9.69. The Kier molecular flexibility index (Phi) is 13.9. The number of rotatable bonds is 10. The maximum atomic E-state index is 12.8. The number of nitrogens with zero attached hydrogens (tertiary/aromatic N) is 3. The number of esters is 1. The second-order valence-corrected chi connectivity index (χ2v) is 10.9. The highest BCUT2D eigenvalue weighted by Gasteiger charge is 2.24. The second-order valence-electron chi connectivity index (χ2n) is 10.9. The lowest BCUT2D eigenvalue weighted by atomic mass is 9.94. The van der Waals surface area contributed by atoms with E-state index in [4.69, 9.17) is 9.47 Å². The van der Waals surface area contributed by atoms with Crippen molar-refractivity contribution in [3.05, 3.63) is 71.7 Å². The number of allylic oxidation sites excluding steroid dienone is 3. The van der Waals surface area contributed by atoms with Gasteiger partial charge in [0.1, 0.15) is 0 Å². The fourth-order valence-corrected chi connectivity index (χ4v) is 5.60. The van der Waals surface area contributed by atoms with Crippen molar-refractivity contribution in [2.75, 3.05) is 40.9 Å². The molecule has 1 aliphatic rings. The zero-order valence-corrected chi connectivity index (χ0v) is 27.6. The number of aryl methyl sites for hydroxylation is 1. The van der Waals surface area contributed by atoms with Crippen molar-refractivity contribution in [2.24, 2.45) is 0 Å². The summed E-state index contributed by atoms with van der Waals surface area (Å²) in [5.74, 6) is -0.553. The lowest BCUT2D eigenvalue weighted by Crippen LogP contribution is -2.37. The number of aromatic nitrogens is 2. The molecule has 3 heterocycles. The second kappa shape index (κ2) is 17.8. The van der Waals surface area contributed by atoms with Crippen LogP contribution < -0.4 is 5.32 Å². The van der Waals surface area contributed by atoms with Gasteiger partial charge in [0.05, 0.1) is 25.7 Å². The van der Waals surface area contributed by atoms with E-state index in [2.05, 4.69) is 11.9 Å². The van der Waals surface area contributed by atoms with Crippen molar-refractivity contribution < 1.29 is 28.7 Å². The van der Waals surface area contributed by atoms with Gasteiger partial charge in [-0.3, -0.25) is 19.2 Å². The standard InChI is InChI=1S/C34H39N3O6.C2H7N/c1-5-10-31-25(6-2)27-20-36(31)16-15-24(19-35(4)33(40)13-14-34(41)42-7-3)43-18-17-37-21-28(30(23-39)29(27)22-38)26-11-8-9-12-32(26)37;1-3-2/h5-6,8-12,20-24H,2,7,13-19H2,1,3-4H3;3H,1-2H3/b10-5-,30-29-;. The van der Waals surface area contributed by atoms with E-state index in [9.17, 15) is 19.2 Å². The Labute approximate surface area is 271 Å². The molecular formula is C36H46N4O6. The number of benzene rings is 1. The molecule has 246 valence electrons. The normalized spacial score (nSPS) is 16.7. The minimum atomic E-state index is -0.392. The van der Waals surface area contributed by atoms with Crippen LogP contribution in [0.4, 0.5) is 0 Å². The Morgan fingerprint density at radius 1 is 1.07 bits per heavy atom. The molecule has 3 aromatic rings. The molecule has 0 radical (unpaired) electrons. The first-order valence-corrected chi connectivity index (χ1v) is 15.6. The first kappa shape index (κ1) is 35.9. The summed E-state index contributed by atoms with van der Waals surface area (Å²) < 4.78 is 15.4. The third-order valence-corrected chi connectivity index (χ3v) is 7.71. The summed E-state index contributed by atoms with van der Waals surface area (Å²) in [5.41, 5.74) is 4.43. The molecule has 0 spiro atoms. The van der Waals surface area contributed by atoms with Crippen LogP contribution in [0.1, 0.15) is 55.5 Å². The molecule has 1 N–H and O–H groups in total. The van der Waals surface area contributed by atoms with Gasteiger partial charge in [-0.1, -0.05) is 36.9 Å². The van der Waals surface area contributed by atoms with Gasteiger partial charge < -0.3 is 28.8 Å². The number of para-hydroxylation sites is 1. The van der Waals surface area contributed by atoms with Crippen LogP contribution in [-0.4, -0.2) is 85.5 Å². The molecule has 10 nitrogen and oxygen atoms in total. The lowest BCUT2D eigenvalue weighted by Gasteiger charge is -2.25. The summed E-state index contributed by atoms with van der Waals surface area (Å²) in [6, 6.07) is 7.76. The Hall–Kier alpha value is -4.54. The number of carbonyl (C=O) groups excluding carboxylic acids is 4. The topological polar surface area (TPSA) is 112 Å². The van der Waals surface area contributed by atoms with Crippen molar-refractivity contribution in [1.29, 1.82) is 0 Å².